The van der Waals surface area contributed by atoms with Crippen LogP contribution in [0.15, 0.2) is 36.4 Å². The van der Waals surface area contributed by atoms with Crippen LogP contribution in [0, 0.1) is 12.8 Å². The molecule has 7 amide bonds. The zero-order chi connectivity index (χ0) is 28.9. The first-order valence-corrected chi connectivity index (χ1v) is 12.9. The number of unbranched alkanes of at least 4 members (excludes halogenated alkanes) is 1. The first-order chi connectivity index (χ1) is 18.5. The third-order valence-corrected chi connectivity index (χ3v) is 6.02. The van der Waals surface area contributed by atoms with Gasteiger partial charge >= 0.3 is 6.03 Å². The predicted molar refractivity (Wildman–Crippen MR) is 145 cm³/mol. The number of nitrogens with zero attached hydrogens (tertiary/aromatic N) is 1. The number of nitrogens with one attached hydrogen (secondary N) is 4. The molecule has 0 unspecified atom stereocenters. The molecule has 0 saturated heterocycles. The van der Waals surface area contributed by atoms with Crippen molar-refractivity contribution in [1.29, 1.82) is 0 Å². The summed E-state index contributed by atoms with van der Waals surface area (Å²) in [5.41, 5.74) is 6.40. The van der Waals surface area contributed by atoms with Crippen LogP contribution in [-0.2, 0) is 24.0 Å². The van der Waals surface area contributed by atoms with E-state index < -0.39 is 29.9 Å². The second kappa shape index (κ2) is 15.3. The molecule has 12 heteroatoms. The number of urea groups is 1. The van der Waals surface area contributed by atoms with E-state index >= 15 is 0 Å². The van der Waals surface area contributed by atoms with Crippen LogP contribution in [0.25, 0.3) is 0 Å². The standard InChI is InChI=1S/C27H37N6O6/c1-17(2)24(32-21(34)8-4-5-16-33-22(35)13-14-23(33)36)26(38)31-20(7-6-15-29-27(28)39)25(37)30-19-11-9-18(3)10-12-19/h9-14,17,20,24H,3-8,15-16H2,1-2H3,(H,30,37)(H,31,38)(H,32,34)(H3,28,29,39)/t20-,24-/m1/s1. The molecule has 0 spiro atoms. The molecule has 12 nitrogen and oxygen atoms in total. The molecule has 2 rings (SSSR count). The van der Waals surface area contributed by atoms with Gasteiger partial charge in [0.05, 0.1) is 0 Å². The summed E-state index contributed by atoms with van der Waals surface area (Å²) >= 11 is 0. The van der Waals surface area contributed by atoms with Crippen LogP contribution in [0.1, 0.15) is 51.5 Å². The Kier molecular flexibility index (Phi) is 12.1. The van der Waals surface area contributed by atoms with Gasteiger partial charge in [0.1, 0.15) is 12.1 Å². The zero-order valence-corrected chi connectivity index (χ0v) is 22.3. The summed E-state index contributed by atoms with van der Waals surface area (Å²) in [6.07, 6.45) is 3.97. The van der Waals surface area contributed by atoms with Gasteiger partial charge in [0.25, 0.3) is 11.8 Å². The van der Waals surface area contributed by atoms with E-state index in [9.17, 15) is 28.8 Å². The number of carbonyl (C=O) groups excluding carboxylic acids is 6. The molecule has 211 valence electrons. The average Bonchev–Trinajstić information content (AvgIpc) is 3.19. The summed E-state index contributed by atoms with van der Waals surface area (Å²) in [6, 6.07) is 4.34. The van der Waals surface area contributed by atoms with E-state index in [1.165, 1.54) is 12.2 Å². The highest BCUT2D eigenvalue weighted by Gasteiger charge is 2.29. The Labute approximate surface area is 228 Å². The van der Waals surface area contributed by atoms with E-state index in [-0.39, 0.29) is 49.6 Å². The fourth-order valence-corrected chi connectivity index (χ4v) is 3.85. The predicted octanol–water partition coefficient (Wildman–Crippen LogP) is 0.977. The van der Waals surface area contributed by atoms with Crippen molar-refractivity contribution in [3.05, 3.63) is 48.9 Å². The van der Waals surface area contributed by atoms with Crippen molar-refractivity contribution in [3.8, 4) is 0 Å². The van der Waals surface area contributed by atoms with Crippen molar-refractivity contribution in [2.75, 3.05) is 18.4 Å². The van der Waals surface area contributed by atoms with Gasteiger partial charge in [-0.1, -0.05) is 26.0 Å². The van der Waals surface area contributed by atoms with E-state index in [0.29, 0.717) is 24.9 Å². The van der Waals surface area contributed by atoms with E-state index in [0.717, 1.165) is 10.5 Å². The third kappa shape index (κ3) is 10.6. The van der Waals surface area contributed by atoms with Gasteiger partial charge in [-0.05, 0) is 56.2 Å². The van der Waals surface area contributed by atoms with Crippen LogP contribution < -0.4 is 27.0 Å². The quantitative estimate of drug-likeness (QED) is 0.163. The molecule has 0 saturated carbocycles. The van der Waals surface area contributed by atoms with Crippen molar-refractivity contribution in [2.45, 2.75) is 58.0 Å². The molecule has 1 radical (unpaired) electrons. The van der Waals surface area contributed by atoms with Gasteiger partial charge in [0.15, 0.2) is 0 Å². The first kappa shape index (κ1) is 31.0. The van der Waals surface area contributed by atoms with Gasteiger partial charge in [-0.25, -0.2) is 4.79 Å². The Bertz CT molecular complexity index is 1070. The average molecular weight is 542 g/mol. The van der Waals surface area contributed by atoms with Crippen molar-refractivity contribution in [3.63, 3.8) is 0 Å². The fraction of sp³-hybridized carbons (Fsp3) is 0.444. The molecular weight excluding hydrogens is 504 g/mol. The van der Waals surface area contributed by atoms with Crippen molar-refractivity contribution >= 4 is 41.3 Å². The zero-order valence-electron chi connectivity index (χ0n) is 22.3. The molecule has 0 aromatic heterocycles. The lowest BCUT2D eigenvalue weighted by Crippen LogP contribution is -2.54. The number of benzene rings is 1. The normalized spacial score (nSPS) is 14.2. The van der Waals surface area contributed by atoms with E-state index in [1.54, 1.807) is 38.1 Å². The second-order valence-corrected chi connectivity index (χ2v) is 9.59. The molecule has 1 aliphatic heterocycles. The fourth-order valence-electron chi connectivity index (χ4n) is 3.85. The number of anilines is 1. The van der Waals surface area contributed by atoms with Gasteiger partial charge in [-0.15, -0.1) is 0 Å². The highest BCUT2D eigenvalue weighted by atomic mass is 16.2. The Morgan fingerprint density at radius 2 is 1.56 bits per heavy atom. The highest BCUT2D eigenvalue weighted by molar-refractivity contribution is 6.12. The maximum atomic E-state index is 13.2. The van der Waals surface area contributed by atoms with E-state index in [4.69, 9.17) is 5.73 Å². The number of nitrogens with two attached hydrogens (primary N) is 1. The molecule has 39 heavy (non-hydrogen) atoms. The summed E-state index contributed by atoms with van der Waals surface area (Å²) in [4.78, 5) is 74.0. The minimum absolute atomic E-state index is 0.102. The highest BCUT2D eigenvalue weighted by Crippen LogP contribution is 2.12. The number of hydrogen-bond acceptors (Lipinski definition) is 6. The van der Waals surface area contributed by atoms with Crippen LogP contribution in [0.5, 0.6) is 0 Å². The number of rotatable bonds is 15. The molecule has 0 fully saturated rings. The number of primary amides is 1. The molecule has 1 heterocycles. The minimum atomic E-state index is -0.936. The Hall–Kier alpha value is -4.22. The Morgan fingerprint density at radius 1 is 0.923 bits per heavy atom. The van der Waals surface area contributed by atoms with Crippen LogP contribution in [0.4, 0.5) is 10.5 Å². The number of amides is 7. The molecule has 2 atom stereocenters. The van der Waals surface area contributed by atoms with Crippen LogP contribution >= 0.6 is 0 Å². The molecule has 6 N–H and O–H groups in total. The lowest BCUT2D eigenvalue weighted by molar-refractivity contribution is -0.136. The summed E-state index contributed by atoms with van der Waals surface area (Å²) in [5, 5.41) is 10.7. The molecule has 0 aliphatic carbocycles. The summed E-state index contributed by atoms with van der Waals surface area (Å²) < 4.78 is 0. The maximum Gasteiger partial charge on any atom is 0.312 e. The Balaban J connectivity index is 1.94. The number of hydrogen-bond donors (Lipinski definition) is 5. The van der Waals surface area contributed by atoms with Crippen molar-refractivity contribution in [1.82, 2.24) is 20.9 Å². The summed E-state index contributed by atoms with van der Waals surface area (Å²) in [7, 11) is 0. The van der Waals surface area contributed by atoms with Crippen LogP contribution in [-0.4, -0.2) is 65.6 Å². The van der Waals surface area contributed by atoms with Crippen molar-refractivity contribution < 1.29 is 28.8 Å². The van der Waals surface area contributed by atoms with Gasteiger partial charge in [0, 0.05) is 37.3 Å². The smallest absolute Gasteiger partial charge is 0.312 e. The monoisotopic (exact) mass is 541 g/mol. The number of carbonyl (C=O) groups is 6. The maximum absolute atomic E-state index is 13.2. The molecule has 1 aliphatic rings. The van der Waals surface area contributed by atoms with Gasteiger partial charge < -0.3 is 27.0 Å². The lowest BCUT2D eigenvalue weighted by Gasteiger charge is -2.25. The first-order valence-electron chi connectivity index (χ1n) is 12.9. The van der Waals surface area contributed by atoms with E-state index in [2.05, 4.69) is 28.2 Å². The summed E-state index contributed by atoms with van der Waals surface area (Å²) in [5.74, 6) is -2.35. The van der Waals surface area contributed by atoms with Crippen LogP contribution in [0.3, 0.4) is 0 Å². The molecule has 1 aromatic rings. The van der Waals surface area contributed by atoms with Crippen molar-refractivity contribution in [2.24, 2.45) is 11.7 Å². The van der Waals surface area contributed by atoms with E-state index in [1.807, 2.05) is 0 Å². The number of imide groups is 1. The largest absolute Gasteiger partial charge is 0.352 e. The second-order valence-electron chi connectivity index (χ2n) is 9.59. The third-order valence-electron chi connectivity index (χ3n) is 6.02. The summed E-state index contributed by atoms with van der Waals surface area (Å²) in [6.45, 7) is 7.79. The topological polar surface area (TPSA) is 180 Å². The minimum Gasteiger partial charge on any atom is -0.352 e. The molecule has 0 bridgehead atoms. The SMILES string of the molecule is [CH2]c1ccc(NC(=O)[C@@H](CCCNC(N)=O)NC(=O)[C@H](NC(=O)CCCCN2C(=O)C=CC2=O)C(C)C)cc1. The lowest BCUT2D eigenvalue weighted by atomic mass is 10.0. The van der Waals surface area contributed by atoms with Crippen LogP contribution in [0.2, 0.25) is 0 Å². The molecule has 1 aromatic carbocycles. The Morgan fingerprint density at radius 3 is 2.15 bits per heavy atom. The van der Waals surface area contributed by atoms with Gasteiger partial charge in [0.2, 0.25) is 17.7 Å². The van der Waals surface area contributed by atoms with Gasteiger partial charge in [-0.2, -0.15) is 0 Å². The molecular formula is C27H37N6O6. The van der Waals surface area contributed by atoms with Gasteiger partial charge in [-0.3, -0.25) is 28.9 Å².